The highest BCUT2D eigenvalue weighted by molar-refractivity contribution is 5.69. The standard InChI is InChI=1S/C8H10O2/c9-8(10)7-4-5-1-2-6(7)3-5/h1-2,5-7H,3-4H2,(H,9,10)/p-1/t5-,6+,7-/m0/s1. The first-order valence-corrected chi connectivity index (χ1v) is 3.66. The third-order valence-electron chi connectivity index (χ3n) is 2.58. The number of rotatable bonds is 1. The van der Waals surface area contributed by atoms with Crippen LogP contribution in [0.2, 0.25) is 0 Å². The molecule has 2 heteroatoms. The zero-order chi connectivity index (χ0) is 7.14. The molecule has 0 amide bonds. The van der Waals surface area contributed by atoms with E-state index >= 15 is 0 Å². The van der Waals surface area contributed by atoms with E-state index in [0.717, 1.165) is 12.8 Å². The molecule has 0 aromatic rings. The molecule has 2 aliphatic carbocycles. The number of carboxylic acid groups (broad SMARTS) is 1. The van der Waals surface area contributed by atoms with Gasteiger partial charge in [-0.1, -0.05) is 12.2 Å². The summed E-state index contributed by atoms with van der Waals surface area (Å²) in [4.78, 5) is 10.4. The predicted molar refractivity (Wildman–Crippen MR) is 33.9 cm³/mol. The summed E-state index contributed by atoms with van der Waals surface area (Å²) in [6.45, 7) is 0. The minimum absolute atomic E-state index is 0.185. The second-order valence-electron chi connectivity index (χ2n) is 3.21. The van der Waals surface area contributed by atoms with Crippen molar-refractivity contribution in [2.45, 2.75) is 12.8 Å². The van der Waals surface area contributed by atoms with Crippen molar-refractivity contribution in [3.05, 3.63) is 12.2 Å². The third kappa shape index (κ3) is 0.681. The molecule has 2 rings (SSSR count). The number of carbonyl (C=O) groups excluding carboxylic acids is 1. The van der Waals surface area contributed by atoms with Crippen molar-refractivity contribution in [3.63, 3.8) is 0 Å². The molecule has 1 saturated carbocycles. The smallest absolute Gasteiger partial charge is 0.0451 e. The Labute approximate surface area is 59.5 Å². The molecule has 1 fully saturated rings. The molecule has 3 atom stereocenters. The first kappa shape index (κ1) is 5.96. The Hall–Kier alpha value is -0.790. The van der Waals surface area contributed by atoms with E-state index in [1.807, 2.05) is 6.08 Å². The Morgan fingerprint density at radius 1 is 1.40 bits per heavy atom. The van der Waals surface area contributed by atoms with Crippen LogP contribution in [0.25, 0.3) is 0 Å². The first-order chi connectivity index (χ1) is 4.77. The van der Waals surface area contributed by atoms with Crippen LogP contribution in [0.3, 0.4) is 0 Å². The van der Waals surface area contributed by atoms with E-state index in [2.05, 4.69) is 6.08 Å². The van der Waals surface area contributed by atoms with Crippen LogP contribution >= 0.6 is 0 Å². The van der Waals surface area contributed by atoms with Gasteiger partial charge in [0, 0.05) is 11.9 Å². The summed E-state index contributed by atoms with van der Waals surface area (Å²) in [5.41, 5.74) is 0. The molecular formula is C8H9O2-. The minimum atomic E-state index is -0.864. The molecule has 10 heavy (non-hydrogen) atoms. The molecule has 0 aromatic carbocycles. The highest BCUT2D eigenvalue weighted by Gasteiger charge is 2.35. The van der Waals surface area contributed by atoms with Gasteiger partial charge in [0.1, 0.15) is 0 Å². The lowest BCUT2D eigenvalue weighted by Gasteiger charge is -2.18. The van der Waals surface area contributed by atoms with Gasteiger partial charge in [0.05, 0.1) is 0 Å². The van der Waals surface area contributed by atoms with Crippen molar-refractivity contribution in [3.8, 4) is 0 Å². The molecule has 0 N–H and O–H groups in total. The van der Waals surface area contributed by atoms with Gasteiger partial charge in [0.15, 0.2) is 0 Å². The van der Waals surface area contributed by atoms with Crippen LogP contribution in [-0.2, 0) is 4.79 Å². The fraction of sp³-hybridized carbons (Fsp3) is 0.625. The van der Waals surface area contributed by atoms with Crippen LogP contribution in [-0.4, -0.2) is 5.97 Å². The Balaban J connectivity index is 2.16. The molecule has 0 aliphatic heterocycles. The molecular weight excluding hydrogens is 128 g/mol. The SMILES string of the molecule is O=C([O-])[C@H]1C[C@H]2C=C[C@@H]1C2. The fourth-order valence-corrected chi connectivity index (χ4v) is 2.05. The van der Waals surface area contributed by atoms with Crippen molar-refractivity contribution in [2.75, 3.05) is 0 Å². The number of fused-ring (bicyclic) bond motifs is 2. The van der Waals surface area contributed by atoms with Crippen LogP contribution < -0.4 is 5.11 Å². The van der Waals surface area contributed by atoms with Gasteiger partial charge >= 0.3 is 0 Å². The molecule has 0 heterocycles. The van der Waals surface area contributed by atoms with Crippen molar-refractivity contribution >= 4 is 5.97 Å². The van der Waals surface area contributed by atoms with Gasteiger partial charge < -0.3 is 9.90 Å². The minimum Gasteiger partial charge on any atom is -0.550 e. The Morgan fingerprint density at radius 3 is 2.50 bits per heavy atom. The lowest BCUT2D eigenvalue weighted by molar-refractivity contribution is -0.312. The van der Waals surface area contributed by atoms with E-state index in [-0.39, 0.29) is 11.8 Å². The summed E-state index contributed by atoms with van der Waals surface area (Å²) < 4.78 is 0. The number of carboxylic acids is 1. The second-order valence-corrected chi connectivity index (χ2v) is 3.21. The largest absolute Gasteiger partial charge is 0.550 e. The van der Waals surface area contributed by atoms with Crippen LogP contribution in [0.1, 0.15) is 12.8 Å². The lowest BCUT2D eigenvalue weighted by Crippen LogP contribution is -2.33. The van der Waals surface area contributed by atoms with Gasteiger partial charge in [-0.2, -0.15) is 0 Å². The Morgan fingerprint density at radius 2 is 2.20 bits per heavy atom. The molecule has 0 spiro atoms. The second kappa shape index (κ2) is 1.84. The van der Waals surface area contributed by atoms with Crippen molar-refractivity contribution in [1.29, 1.82) is 0 Å². The van der Waals surface area contributed by atoms with E-state index < -0.39 is 5.97 Å². The zero-order valence-corrected chi connectivity index (χ0v) is 5.62. The van der Waals surface area contributed by atoms with E-state index in [4.69, 9.17) is 0 Å². The van der Waals surface area contributed by atoms with E-state index in [0.29, 0.717) is 5.92 Å². The summed E-state index contributed by atoms with van der Waals surface area (Å²) in [5, 5.41) is 10.4. The van der Waals surface area contributed by atoms with Crippen LogP contribution in [0.4, 0.5) is 0 Å². The molecule has 0 radical (unpaired) electrons. The number of hydrogen-bond acceptors (Lipinski definition) is 2. The number of allylic oxidation sites excluding steroid dienone is 2. The van der Waals surface area contributed by atoms with Crippen LogP contribution in [0.15, 0.2) is 12.2 Å². The van der Waals surface area contributed by atoms with Crippen LogP contribution in [0.5, 0.6) is 0 Å². The highest BCUT2D eigenvalue weighted by Crippen LogP contribution is 2.42. The Kier molecular flexibility index (Phi) is 1.10. The molecule has 0 unspecified atom stereocenters. The summed E-state index contributed by atoms with van der Waals surface area (Å²) in [6.07, 6.45) is 6.00. The van der Waals surface area contributed by atoms with Crippen molar-refractivity contribution < 1.29 is 9.90 Å². The molecule has 2 bridgehead atoms. The first-order valence-electron chi connectivity index (χ1n) is 3.66. The number of hydrogen-bond donors (Lipinski definition) is 0. The van der Waals surface area contributed by atoms with Crippen molar-refractivity contribution in [1.82, 2.24) is 0 Å². The summed E-state index contributed by atoms with van der Waals surface area (Å²) in [5.74, 6) is -0.227. The Bertz CT molecular complexity index is 195. The van der Waals surface area contributed by atoms with Gasteiger partial charge in [-0.05, 0) is 24.7 Å². The van der Waals surface area contributed by atoms with Crippen LogP contribution in [0, 0.1) is 17.8 Å². The molecule has 2 nitrogen and oxygen atoms in total. The van der Waals surface area contributed by atoms with Gasteiger partial charge in [-0.15, -0.1) is 0 Å². The monoisotopic (exact) mass is 137 g/mol. The average molecular weight is 137 g/mol. The molecule has 2 aliphatic rings. The third-order valence-corrected chi connectivity index (χ3v) is 2.58. The molecule has 0 aromatic heterocycles. The zero-order valence-electron chi connectivity index (χ0n) is 5.62. The normalized spacial score (nSPS) is 42.6. The highest BCUT2D eigenvalue weighted by atomic mass is 16.4. The summed E-state index contributed by atoms with van der Waals surface area (Å²) in [7, 11) is 0. The maximum atomic E-state index is 10.4. The van der Waals surface area contributed by atoms with E-state index in [9.17, 15) is 9.90 Å². The average Bonchev–Trinajstić information content (AvgIpc) is 2.44. The predicted octanol–water partition coefficient (Wildman–Crippen LogP) is -0.0515. The van der Waals surface area contributed by atoms with E-state index in [1.165, 1.54) is 0 Å². The maximum absolute atomic E-state index is 10.4. The summed E-state index contributed by atoms with van der Waals surface area (Å²) in [6, 6.07) is 0. The number of aliphatic carboxylic acids is 1. The van der Waals surface area contributed by atoms with Gasteiger partial charge in [0.2, 0.25) is 0 Å². The van der Waals surface area contributed by atoms with Gasteiger partial charge in [-0.3, -0.25) is 0 Å². The maximum Gasteiger partial charge on any atom is 0.0451 e. The quantitative estimate of drug-likeness (QED) is 0.475. The number of carbonyl (C=O) groups is 1. The topological polar surface area (TPSA) is 40.1 Å². The van der Waals surface area contributed by atoms with Crippen molar-refractivity contribution in [2.24, 2.45) is 17.8 Å². The fourth-order valence-electron chi connectivity index (χ4n) is 2.05. The molecule has 54 valence electrons. The van der Waals surface area contributed by atoms with Gasteiger partial charge in [0.25, 0.3) is 0 Å². The lowest BCUT2D eigenvalue weighted by atomic mass is 9.94. The van der Waals surface area contributed by atoms with Gasteiger partial charge in [-0.25, -0.2) is 0 Å². The van der Waals surface area contributed by atoms with E-state index in [1.54, 1.807) is 0 Å². The molecule has 0 saturated heterocycles. The summed E-state index contributed by atoms with van der Waals surface area (Å²) >= 11 is 0.